The van der Waals surface area contributed by atoms with Crippen LogP contribution in [-0.2, 0) is 24.2 Å². The van der Waals surface area contributed by atoms with E-state index in [1.807, 2.05) is 31.5 Å². The molecule has 18 heavy (non-hydrogen) atoms. The fourth-order valence-corrected chi connectivity index (χ4v) is 2.03. The molecule has 0 amide bonds. The van der Waals surface area contributed by atoms with Crippen molar-refractivity contribution < 1.29 is 4.79 Å². The molecule has 0 saturated heterocycles. The molecule has 0 aliphatic heterocycles. The molecule has 1 N–H and O–H groups in total. The summed E-state index contributed by atoms with van der Waals surface area (Å²) < 4.78 is 1.93. The van der Waals surface area contributed by atoms with Crippen LogP contribution in [0.15, 0.2) is 6.07 Å². The summed E-state index contributed by atoms with van der Waals surface area (Å²) in [6.07, 6.45) is 1.35. The van der Waals surface area contributed by atoms with E-state index in [0.29, 0.717) is 6.42 Å². The van der Waals surface area contributed by atoms with Crippen LogP contribution in [0.4, 0.5) is 0 Å². The maximum absolute atomic E-state index is 12.3. The van der Waals surface area contributed by atoms with Gasteiger partial charge in [0.2, 0.25) is 0 Å². The number of likely N-dealkylation sites (N-methyl/N-ethyl adjacent to an activating group) is 1. The van der Waals surface area contributed by atoms with E-state index in [1.165, 1.54) is 0 Å². The number of ketones is 1. The topological polar surface area (TPSA) is 46.9 Å². The van der Waals surface area contributed by atoms with Crippen LogP contribution < -0.4 is 5.32 Å². The number of hydrogen-bond acceptors (Lipinski definition) is 3. The summed E-state index contributed by atoms with van der Waals surface area (Å²) in [6, 6.07) is 2.05. The van der Waals surface area contributed by atoms with Crippen LogP contribution in [-0.4, -0.2) is 27.6 Å². The largest absolute Gasteiger partial charge is 0.306 e. The van der Waals surface area contributed by atoms with Gasteiger partial charge in [-0.1, -0.05) is 13.8 Å². The van der Waals surface area contributed by atoms with Gasteiger partial charge in [-0.25, -0.2) is 0 Å². The summed E-state index contributed by atoms with van der Waals surface area (Å²) in [5.41, 5.74) is 1.61. The lowest BCUT2D eigenvalue weighted by molar-refractivity contribution is -0.123. The molecular weight excluding hydrogens is 226 g/mol. The summed E-state index contributed by atoms with van der Waals surface area (Å²) >= 11 is 0. The number of carbonyl (C=O) groups is 1. The molecule has 0 aromatic carbocycles. The van der Waals surface area contributed by atoms with Crippen LogP contribution in [0, 0.1) is 0 Å². The third-order valence-corrected chi connectivity index (χ3v) is 3.23. The highest BCUT2D eigenvalue weighted by Gasteiger charge is 2.26. The minimum atomic E-state index is -0.468. The highest BCUT2D eigenvalue weighted by atomic mass is 16.1. The van der Waals surface area contributed by atoms with Gasteiger partial charge in [-0.3, -0.25) is 9.48 Å². The normalized spacial score (nSPS) is 11.8. The highest BCUT2D eigenvalue weighted by Crippen LogP contribution is 2.12. The Balaban J connectivity index is 2.84. The molecule has 0 bridgehead atoms. The molecule has 0 atom stereocenters. The predicted molar refractivity (Wildman–Crippen MR) is 73.7 cm³/mol. The van der Waals surface area contributed by atoms with Gasteiger partial charge in [0.1, 0.15) is 0 Å². The molecule has 0 aliphatic rings. The first-order chi connectivity index (χ1) is 8.44. The maximum atomic E-state index is 12.3. The van der Waals surface area contributed by atoms with E-state index in [2.05, 4.69) is 24.3 Å². The Kier molecular flexibility index (Phi) is 5.08. The van der Waals surface area contributed by atoms with Crippen molar-refractivity contribution in [3.05, 3.63) is 17.5 Å². The van der Waals surface area contributed by atoms with Gasteiger partial charge in [-0.05, 0) is 39.8 Å². The van der Waals surface area contributed by atoms with E-state index in [9.17, 15) is 4.79 Å². The second kappa shape index (κ2) is 6.14. The van der Waals surface area contributed by atoms with Gasteiger partial charge < -0.3 is 5.32 Å². The molecule has 0 saturated carbocycles. The summed E-state index contributed by atoms with van der Waals surface area (Å²) in [7, 11) is 0. The van der Waals surface area contributed by atoms with Gasteiger partial charge in [0.05, 0.1) is 17.7 Å². The smallest absolute Gasteiger partial charge is 0.158 e. The average Bonchev–Trinajstić information content (AvgIpc) is 2.71. The van der Waals surface area contributed by atoms with Crippen molar-refractivity contribution in [1.29, 1.82) is 0 Å². The quantitative estimate of drug-likeness (QED) is 0.806. The first-order valence-corrected chi connectivity index (χ1v) is 6.78. The SMILES string of the molecule is CCNC(C)(C)C(=O)Cc1cc(CC)nn1CC. The number of aromatic nitrogens is 2. The third kappa shape index (κ3) is 3.42. The van der Waals surface area contributed by atoms with Gasteiger partial charge in [-0.2, -0.15) is 5.10 Å². The van der Waals surface area contributed by atoms with Crippen molar-refractivity contribution in [3.63, 3.8) is 0 Å². The molecule has 1 heterocycles. The van der Waals surface area contributed by atoms with Gasteiger partial charge in [0.25, 0.3) is 0 Å². The lowest BCUT2D eigenvalue weighted by Crippen LogP contribution is -2.47. The predicted octanol–water partition coefficient (Wildman–Crippen LogP) is 1.97. The fraction of sp³-hybridized carbons (Fsp3) is 0.714. The van der Waals surface area contributed by atoms with Crippen molar-refractivity contribution in [3.8, 4) is 0 Å². The van der Waals surface area contributed by atoms with Crippen molar-refractivity contribution >= 4 is 5.78 Å². The van der Waals surface area contributed by atoms with E-state index in [-0.39, 0.29) is 5.78 Å². The van der Waals surface area contributed by atoms with Gasteiger partial charge >= 0.3 is 0 Å². The van der Waals surface area contributed by atoms with E-state index < -0.39 is 5.54 Å². The monoisotopic (exact) mass is 251 g/mol. The summed E-state index contributed by atoms with van der Waals surface area (Å²) in [4.78, 5) is 12.3. The summed E-state index contributed by atoms with van der Waals surface area (Å²) in [6.45, 7) is 11.6. The molecule has 1 rings (SSSR count). The first-order valence-electron chi connectivity index (χ1n) is 6.78. The third-order valence-electron chi connectivity index (χ3n) is 3.23. The second-order valence-electron chi connectivity index (χ2n) is 5.05. The minimum absolute atomic E-state index is 0.210. The lowest BCUT2D eigenvalue weighted by Gasteiger charge is -2.24. The molecule has 0 unspecified atom stereocenters. The Morgan fingerprint density at radius 3 is 2.56 bits per heavy atom. The number of aryl methyl sites for hydroxylation is 2. The molecule has 1 aromatic rings. The molecule has 0 aliphatic carbocycles. The molecular formula is C14H25N3O. The van der Waals surface area contributed by atoms with Crippen molar-refractivity contribution in [2.24, 2.45) is 0 Å². The Hall–Kier alpha value is -1.16. The minimum Gasteiger partial charge on any atom is -0.306 e. The zero-order valence-corrected chi connectivity index (χ0v) is 12.2. The van der Waals surface area contributed by atoms with Crippen LogP contribution in [0.3, 0.4) is 0 Å². The number of rotatable bonds is 7. The number of hydrogen-bond donors (Lipinski definition) is 1. The van der Waals surface area contributed by atoms with Gasteiger partial charge in [0.15, 0.2) is 5.78 Å². The van der Waals surface area contributed by atoms with Crippen molar-refractivity contribution in [1.82, 2.24) is 15.1 Å². The van der Waals surface area contributed by atoms with Crippen LogP contribution in [0.25, 0.3) is 0 Å². The van der Waals surface area contributed by atoms with Crippen LogP contribution in [0.2, 0.25) is 0 Å². The average molecular weight is 251 g/mol. The van der Waals surface area contributed by atoms with E-state index >= 15 is 0 Å². The van der Waals surface area contributed by atoms with Gasteiger partial charge in [-0.15, -0.1) is 0 Å². The zero-order valence-electron chi connectivity index (χ0n) is 12.2. The van der Waals surface area contributed by atoms with E-state index in [0.717, 1.165) is 30.9 Å². The Labute approximate surface area is 110 Å². The first kappa shape index (κ1) is 14.9. The van der Waals surface area contributed by atoms with Crippen LogP contribution >= 0.6 is 0 Å². The molecule has 0 fully saturated rings. The van der Waals surface area contributed by atoms with Gasteiger partial charge in [0, 0.05) is 12.2 Å². The molecule has 0 radical (unpaired) electrons. The zero-order chi connectivity index (χ0) is 13.8. The summed E-state index contributed by atoms with van der Waals surface area (Å²) in [5.74, 6) is 0.210. The standard InChI is InChI=1S/C14H25N3O/c1-6-11-9-12(17(8-3)16-11)10-13(18)14(4,5)15-7-2/h9,15H,6-8,10H2,1-5H3. The number of carbonyl (C=O) groups excluding carboxylic acids is 1. The van der Waals surface area contributed by atoms with Crippen LogP contribution in [0.1, 0.15) is 46.0 Å². The number of nitrogens with zero attached hydrogens (tertiary/aromatic N) is 2. The number of nitrogens with one attached hydrogen (secondary N) is 1. The van der Waals surface area contributed by atoms with Crippen molar-refractivity contribution in [2.75, 3.05) is 6.54 Å². The molecule has 102 valence electrons. The maximum Gasteiger partial charge on any atom is 0.158 e. The van der Waals surface area contributed by atoms with E-state index in [4.69, 9.17) is 0 Å². The number of Topliss-reactive ketones (excluding diaryl/α,β-unsaturated/α-hetero) is 1. The Bertz CT molecular complexity index is 407. The second-order valence-corrected chi connectivity index (χ2v) is 5.05. The molecule has 1 aromatic heterocycles. The lowest BCUT2D eigenvalue weighted by atomic mass is 9.95. The van der Waals surface area contributed by atoms with Crippen LogP contribution in [0.5, 0.6) is 0 Å². The molecule has 4 nitrogen and oxygen atoms in total. The fourth-order valence-electron chi connectivity index (χ4n) is 2.03. The molecule has 0 spiro atoms. The van der Waals surface area contributed by atoms with E-state index in [1.54, 1.807) is 0 Å². The summed E-state index contributed by atoms with van der Waals surface area (Å²) in [5, 5.41) is 7.69. The van der Waals surface area contributed by atoms with Crippen molar-refractivity contribution in [2.45, 2.75) is 59.5 Å². The highest BCUT2D eigenvalue weighted by molar-refractivity contribution is 5.89. The molecule has 4 heteroatoms. The Morgan fingerprint density at radius 2 is 2.06 bits per heavy atom. The Morgan fingerprint density at radius 1 is 1.39 bits per heavy atom.